The largest absolute Gasteiger partial charge is 0.395 e. The number of hydrogen-bond donors (Lipinski definition) is 4. The minimum absolute atomic E-state index is 0.0321. The van der Waals surface area contributed by atoms with Crippen LogP contribution in [0.15, 0.2) is 9.97 Å². The fourth-order valence-corrected chi connectivity index (χ4v) is 0.867. The molecule has 0 aliphatic rings. The molecule has 8 heteroatoms. The van der Waals surface area contributed by atoms with Gasteiger partial charge in [0.15, 0.2) is 5.82 Å². The third-order valence-electron chi connectivity index (χ3n) is 1.41. The van der Waals surface area contributed by atoms with Gasteiger partial charge in [0.25, 0.3) is 5.56 Å². The van der Waals surface area contributed by atoms with Gasteiger partial charge in [-0.1, -0.05) is 0 Å². The van der Waals surface area contributed by atoms with Gasteiger partial charge in [-0.25, -0.2) is 0 Å². The molecule has 0 unspecified atom stereocenters. The van der Waals surface area contributed by atoms with Crippen LogP contribution in [0, 0.1) is 4.91 Å². The van der Waals surface area contributed by atoms with Gasteiger partial charge >= 0.3 is 0 Å². The number of aromatic amines is 1. The number of H-pyrrole nitrogens is 1. The van der Waals surface area contributed by atoms with Gasteiger partial charge in [-0.3, -0.25) is 9.78 Å². The number of nitrogen functional groups attached to an aromatic ring is 1. The average Bonchev–Trinajstić information content (AvgIpc) is 2.14. The number of aromatic nitrogens is 2. The summed E-state index contributed by atoms with van der Waals surface area (Å²) in [4.78, 5) is 27.1. The molecule has 0 fully saturated rings. The molecule has 1 aromatic heterocycles. The van der Waals surface area contributed by atoms with E-state index in [4.69, 9.17) is 10.8 Å². The lowest BCUT2D eigenvalue weighted by Gasteiger charge is -2.04. The zero-order chi connectivity index (χ0) is 10.6. The Morgan fingerprint density at radius 3 is 2.93 bits per heavy atom. The van der Waals surface area contributed by atoms with Crippen LogP contribution in [0.2, 0.25) is 0 Å². The molecular formula is C6H9N5O3. The van der Waals surface area contributed by atoms with Crippen LogP contribution in [0.1, 0.15) is 0 Å². The Labute approximate surface area is 78.1 Å². The molecule has 0 aromatic carbocycles. The van der Waals surface area contributed by atoms with Crippen LogP contribution in [-0.2, 0) is 0 Å². The zero-order valence-corrected chi connectivity index (χ0v) is 7.15. The highest BCUT2D eigenvalue weighted by molar-refractivity contribution is 5.60. The third-order valence-corrected chi connectivity index (χ3v) is 1.41. The predicted octanol–water partition coefficient (Wildman–Crippen LogP) is -0.846. The van der Waals surface area contributed by atoms with E-state index < -0.39 is 5.56 Å². The third kappa shape index (κ3) is 2.04. The summed E-state index contributed by atoms with van der Waals surface area (Å²) in [6, 6.07) is 0. The number of nitrogens with one attached hydrogen (secondary N) is 2. The Kier molecular flexibility index (Phi) is 3.13. The van der Waals surface area contributed by atoms with Crippen LogP contribution < -0.4 is 16.6 Å². The van der Waals surface area contributed by atoms with E-state index in [-0.39, 0.29) is 30.6 Å². The number of nitrogens with zero attached hydrogens (tertiary/aromatic N) is 2. The number of rotatable bonds is 4. The van der Waals surface area contributed by atoms with E-state index in [2.05, 4.69) is 20.5 Å². The molecule has 76 valence electrons. The standard InChI is InChI=1S/C6H9N5O3/c7-6-9-4(8-1-2-12)3(11-14)5(13)10-6/h12H,1-2H2,(H4,7,8,9,10,13). The Morgan fingerprint density at radius 2 is 2.36 bits per heavy atom. The maximum absolute atomic E-state index is 11.1. The van der Waals surface area contributed by atoms with Crippen molar-refractivity contribution in [1.29, 1.82) is 0 Å². The fraction of sp³-hybridized carbons (Fsp3) is 0.333. The quantitative estimate of drug-likeness (QED) is 0.467. The first kappa shape index (κ1) is 10.1. The number of anilines is 2. The Hall–Kier alpha value is -1.96. The van der Waals surface area contributed by atoms with Crippen molar-refractivity contribution in [3.8, 4) is 0 Å². The van der Waals surface area contributed by atoms with Gasteiger partial charge in [-0.15, -0.1) is 4.91 Å². The van der Waals surface area contributed by atoms with Crippen molar-refractivity contribution in [2.45, 2.75) is 0 Å². The molecule has 0 saturated carbocycles. The minimum Gasteiger partial charge on any atom is -0.395 e. The molecule has 5 N–H and O–H groups in total. The van der Waals surface area contributed by atoms with E-state index in [1.165, 1.54) is 0 Å². The second-order valence-electron chi connectivity index (χ2n) is 2.39. The molecule has 0 radical (unpaired) electrons. The van der Waals surface area contributed by atoms with Crippen molar-refractivity contribution in [2.24, 2.45) is 5.18 Å². The highest BCUT2D eigenvalue weighted by atomic mass is 16.3. The zero-order valence-electron chi connectivity index (χ0n) is 7.15. The summed E-state index contributed by atoms with van der Waals surface area (Å²) in [5.41, 5.74) is 4.15. The average molecular weight is 199 g/mol. The first-order valence-electron chi connectivity index (χ1n) is 3.77. The monoisotopic (exact) mass is 199 g/mol. The van der Waals surface area contributed by atoms with Gasteiger partial charge in [-0.05, 0) is 5.18 Å². The second kappa shape index (κ2) is 4.33. The number of nitroso groups, excluding NO2 is 1. The molecule has 0 aliphatic carbocycles. The van der Waals surface area contributed by atoms with Crippen molar-refractivity contribution < 1.29 is 5.11 Å². The van der Waals surface area contributed by atoms with Crippen LogP contribution in [-0.4, -0.2) is 28.2 Å². The molecule has 1 heterocycles. The normalized spacial score (nSPS) is 9.79. The topological polar surface area (TPSA) is 133 Å². The van der Waals surface area contributed by atoms with Crippen LogP contribution in [0.4, 0.5) is 17.5 Å². The minimum atomic E-state index is -0.715. The SMILES string of the molecule is Nc1nc(NCCO)c(N=O)c(=O)[nH]1. The number of hydrogen-bond acceptors (Lipinski definition) is 7. The summed E-state index contributed by atoms with van der Waals surface area (Å²) in [6.45, 7) is -0.00884. The van der Waals surface area contributed by atoms with Crippen molar-refractivity contribution in [3.05, 3.63) is 15.3 Å². The highest BCUT2D eigenvalue weighted by Gasteiger charge is 2.10. The number of aliphatic hydroxyl groups excluding tert-OH is 1. The summed E-state index contributed by atoms with van der Waals surface area (Å²) in [5.74, 6) is -0.155. The van der Waals surface area contributed by atoms with E-state index in [9.17, 15) is 9.70 Å². The lowest BCUT2D eigenvalue weighted by molar-refractivity contribution is 0.311. The Balaban J connectivity index is 3.11. The second-order valence-corrected chi connectivity index (χ2v) is 2.39. The maximum atomic E-state index is 11.1. The van der Waals surface area contributed by atoms with Gasteiger partial charge in [-0.2, -0.15) is 4.98 Å². The molecule has 1 rings (SSSR count). The summed E-state index contributed by atoms with van der Waals surface area (Å²) < 4.78 is 0. The van der Waals surface area contributed by atoms with E-state index in [0.717, 1.165) is 0 Å². The van der Waals surface area contributed by atoms with Gasteiger partial charge in [0, 0.05) is 6.54 Å². The Bertz CT molecular complexity index is 388. The van der Waals surface area contributed by atoms with Crippen molar-refractivity contribution in [1.82, 2.24) is 9.97 Å². The molecular weight excluding hydrogens is 190 g/mol. The first-order valence-corrected chi connectivity index (χ1v) is 3.77. The van der Waals surface area contributed by atoms with Crippen molar-refractivity contribution >= 4 is 17.5 Å². The van der Waals surface area contributed by atoms with E-state index >= 15 is 0 Å². The van der Waals surface area contributed by atoms with Crippen LogP contribution in [0.5, 0.6) is 0 Å². The summed E-state index contributed by atoms with van der Waals surface area (Å²) in [7, 11) is 0. The van der Waals surface area contributed by atoms with Crippen molar-refractivity contribution in [3.63, 3.8) is 0 Å². The molecule has 1 aromatic rings. The maximum Gasteiger partial charge on any atom is 0.284 e. The molecule has 0 spiro atoms. The summed E-state index contributed by atoms with van der Waals surface area (Å²) in [6.07, 6.45) is 0. The van der Waals surface area contributed by atoms with Crippen LogP contribution in [0.25, 0.3) is 0 Å². The smallest absolute Gasteiger partial charge is 0.284 e. The Morgan fingerprint density at radius 1 is 1.64 bits per heavy atom. The van der Waals surface area contributed by atoms with Gasteiger partial charge in [0.2, 0.25) is 11.6 Å². The molecule has 0 saturated heterocycles. The molecule has 8 nitrogen and oxygen atoms in total. The number of aliphatic hydroxyl groups is 1. The van der Waals surface area contributed by atoms with Gasteiger partial charge in [0.1, 0.15) is 0 Å². The molecule has 0 amide bonds. The van der Waals surface area contributed by atoms with E-state index in [1.54, 1.807) is 0 Å². The molecule has 0 aliphatic heterocycles. The lowest BCUT2D eigenvalue weighted by atomic mass is 10.4. The van der Waals surface area contributed by atoms with Crippen LogP contribution >= 0.6 is 0 Å². The fourth-order valence-electron chi connectivity index (χ4n) is 0.867. The van der Waals surface area contributed by atoms with Gasteiger partial charge < -0.3 is 16.2 Å². The first-order chi connectivity index (χ1) is 6.69. The number of nitrogens with two attached hydrogens (primary N) is 1. The predicted molar refractivity (Wildman–Crippen MR) is 50.3 cm³/mol. The molecule has 14 heavy (non-hydrogen) atoms. The highest BCUT2D eigenvalue weighted by Crippen LogP contribution is 2.16. The van der Waals surface area contributed by atoms with Crippen LogP contribution in [0.3, 0.4) is 0 Å². The summed E-state index contributed by atoms with van der Waals surface area (Å²) in [5, 5.41) is 13.6. The van der Waals surface area contributed by atoms with Gasteiger partial charge in [0.05, 0.1) is 6.61 Å². The van der Waals surface area contributed by atoms with E-state index in [0.29, 0.717) is 0 Å². The molecule has 0 atom stereocenters. The lowest BCUT2D eigenvalue weighted by Crippen LogP contribution is -2.16. The summed E-state index contributed by atoms with van der Waals surface area (Å²) >= 11 is 0. The molecule has 0 bridgehead atoms. The van der Waals surface area contributed by atoms with Crippen molar-refractivity contribution in [2.75, 3.05) is 24.2 Å². The van der Waals surface area contributed by atoms with E-state index in [1.807, 2.05) is 0 Å².